The first-order valence-electron chi connectivity index (χ1n) is 10.2. The molecule has 0 bridgehead atoms. The number of nitrogens with zero attached hydrogens (tertiary/aromatic N) is 4. The Balaban J connectivity index is 1.58. The fourth-order valence-corrected chi connectivity index (χ4v) is 3.61. The summed E-state index contributed by atoms with van der Waals surface area (Å²) in [6.45, 7) is 2.36. The van der Waals surface area contributed by atoms with Crippen LogP contribution in [-0.4, -0.2) is 65.0 Å². The van der Waals surface area contributed by atoms with Gasteiger partial charge in [0.15, 0.2) is 0 Å². The van der Waals surface area contributed by atoms with Gasteiger partial charge in [0.25, 0.3) is 5.56 Å². The maximum atomic E-state index is 12.7. The summed E-state index contributed by atoms with van der Waals surface area (Å²) < 4.78 is 0. The van der Waals surface area contributed by atoms with E-state index in [0.29, 0.717) is 37.1 Å². The number of likely N-dealkylation sites (tertiary alicyclic amines) is 1. The van der Waals surface area contributed by atoms with Crippen molar-refractivity contribution in [1.82, 2.24) is 19.9 Å². The molecule has 3 heterocycles. The molecule has 1 saturated carbocycles. The standard InChI is InChI=1S/C21H27N7O2/c1-23-19-8-17(25-13-26-19)15-7-18(21(30)24-9-15)28(10-14-4-5-14)16-11-27(12-16)20(29)3-2-6-22/h2-3,7-9,13-14,16H,4-6,10-12,22H2,1H3,(H,24,30)(H,23,25,26)/b3-2+. The zero-order chi connectivity index (χ0) is 21.1. The molecular formula is C21H27N7O2. The predicted molar refractivity (Wildman–Crippen MR) is 116 cm³/mol. The lowest BCUT2D eigenvalue weighted by Crippen LogP contribution is -2.62. The highest BCUT2D eigenvalue weighted by Gasteiger charge is 2.37. The van der Waals surface area contributed by atoms with Crippen molar-refractivity contribution in [2.24, 2.45) is 11.7 Å². The summed E-state index contributed by atoms with van der Waals surface area (Å²) in [6.07, 6.45) is 8.71. The molecule has 9 nitrogen and oxygen atoms in total. The van der Waals surface area contributed by atoms with Gasteiger partial charge in [-0.05, 0) is 24.8 Å². The van der Waals surface area contributed by atoms with Crippen LogP contribution in [0, 0.1) is 5.92 Å². The minimum Gasteiger partial charge on any atom is -0.373 e. The van der Waals surface area contributed by atoms with E-state index in [4.69, 9.17) is 5.73 Å². The molecule has 2 fully saturated rings. The van der Waals surface area contributed by atoms with Gasteiger partial charge in [-0.25, -0.2) is 9.97 Å². The number of anilines is 2. The summed E-state index contributed by atoms with van der Waals surface area (Å²) >= 11 is 0. The number of nitrogens with two attached hydrogens (primary N) is 1. The van der Waals surface area contributed by atoms with E-state index in [1.165, 1.54) is 25.2 Å². The van der Waals surface area contributed by atoms with Gasteiger partial charge < -0.3 is 25.8 Å². The average molecular weight is 409 g/mol. The van der Waals surface area contributed by atoms with Crippen LogP contribution in [0.25, 0.3) is 11.3 Å². The van der Waals surface area contributed by atoms with E-state index >= 15 is 0 Å². The van der Waals surface area contributed by atoms with Crippen LogP contribution in [0.1, 0.15) is 12.8 Å². The Labute approximate surface area is 175 Å². The molecule has 2 aromatic heterocycles. The molecule has 0 spiro atoms. The molecule has 158 valence electrons. The van der Waals surface area contributed by atoms with Gasteiger partial charge >= 0.3 is 0 Å². The molecule has 4 rings (SSSR count). The first kappa shape index (κ1) is 20.1. The van der Waals surface area contributed by atoms with Crippen LogP contribution in [-0.2, 0) is 4.79 Å². The van der Waals surface area contributed by atoms with Gasteiger partial charge in [0.2, 0.25) is 5.91 Å². The Hall–Kier alpha value is -3.20. The second-order valence-corrected chi connectivity index (χ2v) is 7.77. The number of hydrogen-bond acceptors (Lipinski definition) is 7. The van der Waals surface area contributed by atoms with Gasteiger partial charge in [0.1, 0.15) is 17.8 Å². The van der Waals surface area contributed by atoms with Crippen molar-refractivity contribution in [2.45, 2.75) is 18.9 Å². The van der Waals surface area contributed by atoms with E-state index in [9.17, 15) is 9.59 Å². The molecule has 0 aromatic carbocycles. The molecule has 0 atom stereocenters. The second kappa shape index (κ2) is 8.66. The van der Waals surface area contributed by atoms with Crippen LogP contribution in [0.2, 0.25) is 0 Å². The van der Waals surface area contributed by atoms with Gasteiger partial charge in [-0.2, -0.15) is 0 Å². The lowest BCUT2D eigenvalue weighted by Gasteiger charge is -2.46. The van der Waals surface area contributed by atoms with E-state index in [1.807, 2.05) is 12.1 Å². The first-order valence-corrected chi connectivity index (χ1v) is 10.2. The quantitative estimate of drug-likeness (QED) is 0.552. The van der Waals surface area contributed by atoms with Gasteiger partial charge in [-0.1, -0.05) is 6.08 Å². The molecule has 1 saturated heterocycles. The van der Waals surface area contributed by atoms with E-state index in [2.05, 4.69) is 25.2 Å². The van der Waals surface area contributed by atoms with Crippen LogP contribution >= 0.6 is 0 Å². The number of carbonyl (C=O) groups is 1. The number of hydrogen-bond donors (Lipinski definition) is 3. The van der Waals surface area contributed by atoms with Crippen molar-refractivity contribution >= 4 is 17.4 Å². The third kappa shape index (κ3) is 4.35. The first-order chi connectivity index (χ1) is 14.6. The van der Waals surface area contributed by atoms with Gasteiger partial charge in [0, 0.05) is 57.1 Å². The zero-order valence-electron chi connectivity index (χ0n) is 17.0. The van der Waals surface area contributed by atoms with Crippen molar-refractivity contribution in [3.63, 3.8) is 0 Å². The molecule has 0 unspecified atom stereocenters. The Kier molecular flexibility index (Phi) is 5.80. The molecular weight excluding hydrogens is 382 g/mol. The smallest absolute Gasteiger partial charge is 0.271 e. The Bertz CT molecular complexity index is 993. The lowest BCUT2D eigenvalue weighted by molar-refractivity contribution is -0.130. The minimum absolute atomic E-state index is 0.0358. The molecule has 9 heteroatoms. The second-order valence-electron chi connectivity index (χ2n) is 7.77. The third-order valence-electron chi connectivity index (χ3n) is 5.58. The normalized spacial score (nSPS) is 16.5. The molecule has 4 N–H and O–H groups in total. The number of amides is 1. The highest BCUT2D eigenvalue weighted by molar-refractivity contribution is 5.88. The minimum atomic E-state index is -0.130. The van der Waals surface area contributed by atoms with Crippen molar-refractivity contribution in [3.8, 4) is 11.3 Å². The van der Waals surface area contributed by atoms with Crippen LogP contribution < -0.4 is 21.5 Å². The van der Waals surface area contributed by atoms with E-state index in [1.54, 1.807) is 24.2 Å². The number of pyridine rings is 1. The van der Waals surface area contributed by atoms with Crippen LogP contribution in [0.5, 0.6) is 0 Å². The SMILES string of the molecule is CNc1cc(-c2c[nH]c(=O)c(N(CC3CC3)C3CN(C(=O)/C=C/CN)C3)c2)ncn1. The number of carbonyl (C=O) groups excluding carboxylic acids is 1. The number of rotatable bonds is 8. The van der Waals surface area contributed by atoms with Crippen molar-refractivity contribution in [3.05, 3.63) is 47.2 Å². The molecule has 2 aromatic rings. The maximum Gasteiger partial charge on any atom is 0.271 e. The summed E-state index contributed by atoms with van der Waals surface area (Å²) in [4.78, 5) is 40.2. The fraction of sp³-hybridized carbons (Fsp3) is 0.429. The van der Waals surface area contributed by atoms with Gasteiger partial charge in [-0.15, -0.1) is 0 Å². The van der Waals surface area contributed by atoms with E-state index in [-0.39, 0.29) is 17.5 Å². The fourth-order valence-electron chi connectivity index (χ4n) is 3.61. The summed E-state index contributed by atoms with van der Waals surface area (Å²) in [7, 11) is 1.80. The summed E-state index contributed by atoms with van der Waals surface area (Å²) in [6, 6.07) is 3.85. The molecule has 30 heavy (non-hydrogen) atoms. The molecule has 1 aliphatic heterocycles. The maximum absolute atomic E-state index is 12.7. The lowest BCUT2D eigenvalue weighted by atomic mass is 10.0. The van der Waals surface area contributed by atoms with E-state index < -0.39 is 0 Å². The molecule has 1 aliphatic carbocycles. The summed E-state index contributed by atoms with van der Waals surface area (Å²) in [5, 5.41) is 3.00. The summed E-state index contributed by atoms with van der Waals surface area (Å²) in [5.74, 6) is 1.28. The van der Waals surface area contributed by atoms with Gasteiger partial charge in [0.05, 0.1) is 11.7 Å². The average Bonchev–Trinajstić information content (AvgIpc) is 3.55. The van der Waals surface area contributed by atoms with Crippen LogP contribution in [0.4, 0.5) is 11.5 Å². The number of H-pyrrole nitrogens is 1. The van der Waals surface area contributed by atoms with Crippen molar-refractivity contribution in [1.29, 1.82) is 0 Å². The molecule has 0 radical (unpaired) electrons. The Morgan fingerprint density at radius 2 is 2.17 bits per heavy atom. The Morgan fingerprint density at radius 1 is 1.37 bits per heavy atom. The highest BCUT2D eigenvalue weighted by Crippen LogP contribution is 2.33. The Morgan fingerprint density at radius 3 is 2.87 bits per heavy atom. The molecule has 2 aliphatic rings. The van der Waals surface area contributed by atoms with Gasteiger partial charge in [-0.3, -0.25) is 9.59 Å². The monoisotopic (exact) mass is 409 g/mol. The topological polar surface area (TPSA) is 120 Å². The highest BCUT2D eigenvalue weighted by atomic mass is 16.2. The zero-order valence-corrected chi connectivity index (χ0v) is 17.0. The number of nitrogens with one attached hydrogen (secondary N) is 2. The number of aromatic nitrogens is 3. The predicted octanol–water partition coefficient (Wildman–Crippen LogP) is 0.816. The van der Waals surface area contributed by atoms with Crippen molar-refractivity contribution in [2.75, 3.05) is 43.4 Å². The van der Waals surface area contributed by atoms with Crippen LogP contribution in [0.15, 0.2) is 41.6 Å². The van der Waals surface area contributed by atoms with E-state index in [0.717, 1.165) is 17.8 Å². The summed E-state index contributed by atoms with van der Waals surface area (Å²) in [5.41, 5.74) is 7.48. The largest absolute Gasteiger partial charge is 0.373 e. The third-order valence-corrected chi connectivity index (χ3v) is 5.58. The molecule has 1 amide bonds. The van der Waals surface area contributed by atoms with Crippen molar-refractivity contribution < 1.29 is 4.79 Å². The number of aromatic amines is 1. The van der Waals surface area contributed by atoms with Crippen LogP contribution in [0.3, 0.4) is 0 Å².